The summed E-state index contributed by atoms with van der Waals surface area (Å²) in [6.07, 6.45) is 4.70. The molecule has 6 nitrogen and oxygen atoms in total. The van der Waals surface area contributed by atoms with Gasteiger partial charge in [0.25, 0.3) is 0 Å². The Labute approximate surface area is 157 Å². The maximum Gasteiger partial charge on any atom is 0.305 e. The topological polar surface area (TPSA) is 68.2 Å². The number of thiocarbonyl (C=S) groups is 1. The molecule has 0 saturated heterocycles. The van der Waals surface area contributed by atoms with Gasteiger partial charge in [-0.2, -0.15) is 5.10 Å². The van der Waals surface area contributed by atoms with Crippen LogP contribution in [0.1, 0.15) is 19.8 Å². The number of hydrogen-bond acceptors (Lipinski definition) is 5. The molecule has 2 aromatic rings. The van der Waals surface area contributed by atoms with Crippen molar-refractivity contribution < 1.29 is 9.53 Å². The monoisotopic (exact) mass is 378 g/mol. The summed E-state index contributed by atoms with van der Waals surface area (Å²) < 4.78 is 6.72. The minimum atomic E-state index is -0.180. The quantitative estimate of drug-likeness (QED) is 0.300. The summed E-state index contributed by atoms with van der Waals surface area (Å²) in [7, 11) is 0. The van der Waals surface area contributed by atoms with Crippen LogP contribution in [0.5, 0.6) is 0 Å². The fourth-order valence-corrected chi connectivity index (χ4v) is 2.99. The van der Waals surface area contributed by atoms with Crippen LogP contribution in [0, 0.1) is 0 Å². The van der Waals surface area contributed by atoms with Crippen LogP contribution in [0.4, 0.5) is 5.69 Å². The van der Waals surface area contributed by atoms with E-state index in [2.05, 4.69) is 27.9 Å². The zero-order valence-corrected chi connectivity index (χ0v) is 15.7. The van der Waals surface area contributed by atoms with E-state index in [1.54, 1.807) is 24.9 Å². The first kappa shape index (κ1) is 19.3. The Bertz CT molecular complexity index is 676. The molecule has 25 heavy (non-hydrogen) atoms. The molecule has 0 fully saturated rings. The van der Waals surface area contributed by atoms with E-state index in [0.717, 1.165) is 11.6 Å². The van der Waals surface area contributed by atoms with E-state index in [-0.39, 0.29) is 5.97 Å². The van der Waals surface area contributed by atoms with Gasteiger partial charge in [-0.3, -0.25) is 9.48 Å². The first-order chi connectivity index (χ1) is 12.2. The highest BCUT2D eigenvalue weighted by atomic mass is 32.2. The molecule has 134 valence electrons. The van der Waals surface area contributed by atoms with Crippen LogP contribution in [0.25, 0.3) is 0 Å². The van der Waals surface area contributed by atoms with E-state index in [4.69, 9.17) is 17.0 Å². The molecule has 0 aliphatic carbocycles. The lowest BCUT2D eigenvalue weighted by Gasteiger charge is -2.08. The molecule has 0 unspecified atom stereocenters. The normalized spacial score (nSPS) is 10.3. The third-order valence-corrected chi connectivity index (χ3v) is 4.39. The Balaban J connectivity index is 1.66. The highest BCUT2D eigenvalue weighted by Gasteiger charge is 2.04. The van der Waals surface area contributed by atoms with Gasteiger partial charge >= 0.3 is 5.97 Å². The fourth-order valence-electron chi connectivity index (χ4n) is 2.00. The molecule has 0 aliphatic heterocycles. The summed E-state index contributed by atoms with van der Waals surface area (Å²) in [6, 6.07) is 10.2. The fraction of sp³-hybridized carbons (Fsp3) is 0.353. The van der Waals surface area contributed by atoms with E-state index in [0.29, 0.717) is 31.1 Å². The van der Waals surface area contributed by atoms with Crippen LogP contribution in [0.15, 0.2) is 47.6 Å². The first-order valence-corrected chi connectivity index (χ1v) is 9.47. The minimum Gasteiger partial charge on any atom is -0.466 e. The Kier molecular flexibility index (Phi) is 8.27. The third kappa shape index (κ3) is 7.57. The number of benzene rings is 1. The van der Waals surface area contributed by atoms with Gasteiger partial charge in [-0.1, -0.05) is 18.2 Å². The van der Waals surface area contributed by atoms with Gasteiger partial charge in [-0.15, -0.1) is 11.8 Å². The second-order valence-electron chi connectivity index (χ2n) is 5.14. The van der Waals surface area contributed by atoms with Crippen molar-refractivity contribution in [2.45, 2.75) is 30.5 Å². The number of carbonyl (C=O) groups excluding carboxylic acids is 1. The predicted molar refractivity (Wildman–Crippen MR) is 105 cm³/mol. The molecule has 0 amide bonds. The third-order valence-electron chi connectivity index (χ3n) is 3.15. The minimum absolute atomic E-state index is 0.180. The average molecular weight is 379 g/mol. The van der Waals surface area contributed by atoms with E-state index >= 15 is 0 Å². The number of aromatic nitrogens is 2. The molecule has 1 aromatic carbocycles. The largest absolute Gasteiger partial charge is 0.466 e. The van der Waals surface area contributed by atoms with Crippen molar-refractivity contribution in [3.05, 3.63) is 42.7 Å². The van der Waals surface area contributed by atoms with E-state index in [1.165, 1.54) is 4.90 Å². The Morgan fingerprint density at radius 1 is 1.36 bits per heavy atom. The van der Waals surface area contributed by atoms with Gasteiger partial charge in [0.2, 0.25) is 0 Å². The van der Waals surface area contributed by atoms with Crippen LogP contribution in [-0.4, -0.2) is 34.0 Å². The van der Waals surface area contributed by atoms with Crippen LogP contribution < -0.4 is 10.6 Å². The van der Waals surface area contributed by atoms with Gasteiger partial charge in [-0.25, -0.2) is 0 Å². The van der Waals surface area contributed by atoms with Gasteiger partial charge < -0.3 is 15.4 Å². The highest BCUT2D eigenvalue weighted by Crippen LogP contribution is 2.19. The van der Waals surface area contributed by atoms with E-state index in [9.17, 15) is 4.79 Å². The SMILES string of the molecule is CCOC(=O)CCCNC(=S)Nc1cnn(CSc2ccccc2)c1. The highest BCUT2D eigenvalue weighted by molar-refractivity contribution is 7.98. The lowest BCUT2D eigenvalue weighted by atomic mass is 10.3. The summed E-state index contributed by atoms with van der Waals surface area (Å²) in [4.78, 5) is 12.4. The Morgan fingerprint density at radius 3 is 2.92 bits per heavy atom. The molecule has 0 atom stereocenters. The van der Waals surface area contributed by atoms with Crippen molar-refractivity contribution in [3.63, 3.8) is 0 Å². The molecule has 0 spiro atoms. The maximum absolute atomic E-state index is 11.2. The van der Waals surface area contributed by atoms with Gasteiger partial charge in [0.15, 0.2) is 5.11 Å². The molecule has 1 heterocycles. The number of ether oxygens (including phenoxy) is 1. The molecule has 0 bridgehead atoms. The van der Waals surface area contributed by atoms with E-state index in [1.807, 2.05) is 29.1 Å². The number of nitrogens with zero attached hydrogens (tertiary/aromatic N) is 2. The van der Waals surface area contributed by atoms with Crippen molar-refractivity contribution in [1.29, 1.82) is 0 Å². The van der Waals surface area contributed by atoms with Crippen LogP contribution in [0.3, 0.4) is 0 Å². The number of thioether (sulfide) groups is 1. The van der Waals surface area contributed by atoms with Crippen LogP contribution in [-0.2, 0) is 15.4 Å². The number of esters is 1. The van der Waals surface area contributed by atoms with Crippen LogP contribution >= 0.6 is 24.0 Å². The zero-order valence-electron chi connectivity index (χ0n) is 14.1. The van der Waals surface area contributed by atoms with E-state index < -0.39 is 0 Å². The molecule has 1 aromatic heterocycles. The molecular formula is C17H22N4O2S2. The molecule has 2 rings (SSSR count). The average Bonchev–Trinajstić information content (AvgIpc) is 3.05. The number of anilines is 1. The number of nitrogens with one attached hydrogen (secondary N) is 2. The lowest BCUT2D eigenvalue weighted by Crippen LogP contribution is -2.29. The lowest BCUT2D eigenvalue weighted by molar-refractivity contribution is -0.143. The predicted octanol–water partition coefficient (Wildman–Crippen LogP) is 3.26. The Hall–Kier alpha value is -2.06. The van der Waals surface area contributed by atoms with Crippen molar-refractivity contribution in [2.75, 3.05) is 18.5 Å². The zero-order chi connectivity index (χ0) is 17.9. The second-order valence-corrected chi connectivity index (χ2v) is 6.57. The molecule has 0 saturated carbocycles. The van der Waals surface area contributed by atoms with Gasteiger partial charge in [0.1, 0.15) is 0 Å². The summed E-state index contributed by atoms with van der Waals surface area (Å²) >= 11 is 6.95. The summed E-state index contributed by atoms with van der Waals surface area (Å²) in [5, 5.41) is 11.0. The van der Waals surface area contributed by atoms with Gasteiger partial charge in [0, 0.05) is 24.1 Å². The molecule has 0 aliphatic rings. The molecule has 8 heteroatoms. The molecular weight excluding hydrogens is 356 g/mol. The first-order valence-electron chi connectivity index (χ1n) is 8.08. The van der Waals surface area contributed by atoms with Crippen molar-refractivity contribution >= 4 is 40.7 Å². The van der Waals surface area contributed by atoms with Crippen molar-refractivity contribution in [1.82, 2.24) is 15.1 Å². The standard InChI is InChI=1S/C17H22N4O2S2/c1-2-23-16(22)9-6-10-18-17(24)20-14-11-19-21(12-14)13-25-15-7-4-3-5-8-15/h3-5,7-8,11-12H,2,6,9-10,13H2,1H3,(H2,18,20,24). The summed E-state index contributed by atoms with van der Waals surface area (Å²) in [6.45, 7) is 2.83. The number of hydrogen-bond donors (Lipinski definition) is 2. The van der Waals surface area contributed by atoms with Crippen molar-refractivity contribution in [2.24, 2.45) is 0 Å². The smallest absolute Gasteiger partial charge is 0.305 e. The maximum atomic E-state index is 11.2. The molecule has 2 N–H and O–H groups in total. The van der Waals surface area contributed by atoms with Gasteiger partial charge in [0.05, 0.1) is 24.4 Å². The molecule has 0 radical (unpaired) electrons. The summed E-state index contributed by atoms with van der Waals surface area (Å²) in [5.41, 5.74) is 0.830. The van der Waals surface area contributed by atoms with Crippen molar-refractivity contribution in [3.8, 4) is 0 Å². The van der Waals surface area contributed by atoms with Gasteiger partial charge in [-0.05, 0) is 37.7 Å². The Morgan fingerprint density at radius 2 is 2.16 bits per heavy atom. The second kappa shape index (κ2) is 10.7. The number of rotatable bonds is 9. The summed E-state index contributed by atoms with van der Waals surface area (Å²) in [5.74, 6) is 0.547. The number of carbonyl (C=O) groups is 1. The van der Waals surface area contributed by atoms with Crippen LogP contribution in [0.2, 0.25) is 0 Å².